The largest absolute Gasteiger partial charge is 0.491 e. The third kappa shape index (κ3) is 9.28. The van der Waals surface area contributed by atoms with Gasteiger partial charge in [0.2, 0.25) is 0 Å². The number of carbonyl (C=O) groups excluding carboxylic acids is 2. The van der Waals surface area contributed by atoms with Crippen molar-refractivity contribution in [3.63, 3.8) is 0 Å². The standard InChI is InChI=1S/C31H36F3N3O8/c1-5-43-30(40)27-26(21-10-8-11-22(15-21)37(41)42)25(19(4)36-28(27)31(32,33)34)29(39)44-14-13-20-9-6-7-12-24(20)45-17-23(38)16-35-18(2)3/h6-12,15,18,23,26,35-36,38H,5,13-14,16-17H2,1-4H3. The summed E-state index contributed by atoms with van der Waals surface area (Å²) in [4.78, 5) is 37.3. The van der Waals surface area contributed by atoms with E-state index < -0.39 is 52.0 Å². The van der Waals surface area contributed by atoms with Gasteiger partial charge in [0.15, 0.2) is 0 Å². The maximum absolute atomic E-state index is 14.2. The van der Waals surface area contributed by atoms with Crippen molar-refractivity contribution in [1.29, 1.82) is 0 Å². The topological polar surface area (TPSA) is 149 Å². The summed E-state index contributed by atoms with van der Waals surface area (Å²) in [5.74, 6) is -3.62. The molecule has 1 aliphatic heterocycles. The zero-order chi connectivity index (χ0) is 33.3. The first-order valence-electron chi connectivity index (χ1n) is 14.2. The van der Waals surface area contributed by atoms with Crippen LogP contribution in [-0.4, -0.2) is 66.7 Å². The number of allylic oxidation sites excluding steroid dienone is 2. The van der Waals surface area contributed by atoms with Crippen molar-refractivity contribution < 1.29 is 47.0 Å². The monoisotopic (exact) mass is 635 g/mol. The lowest BCUT2D eigenvalue weighted by Crippen LogP contribution is -2.38. The van der Waals surface area contributed by atoms with Crippen LogP contribution in [-0.2, 0) is 25.5 Å². The lowest BCUT2D eigenvalue weighted by atomic mass is 9.80. The van der Waals surface area contributed by atoms with Gasteiger partial charge in [-0.3, -0.25) is 10.1 Å². The summed E-state index contributed by atoms with van der Waals surface area (Å²) in [7, 11) is 0. The number of esters is 2. The smallest absolute Gasteiger partial charge is 0.431 e. The van der Waals surface area contributed by atoms with E-state index in [1.165, 1.54) is 26.0 Å². The second-order valence-corrected chi connectivity index (χ2v) is 10.5. The summed E-state index contributed by atoms with van der Waals surface area (Å²) in [6, 6.07) is 11.7. The molecule has 0 radical (unpaired) electrons. The molecule has 0 amide bonds. The molecule has 2 aromatic rings. The van der Waals surface area contributed by atoms with Crippen molar-refractivity contribution in [2.24, 2.45) is 0 Å². The van der Waals surface area contributed by atoms with Gasteiger partial charge < -0.3 is 30.0 Å². The van der Waals surface area contributed by atoms with Crippen molar-refractivity contribution >= 4 is 17.6 Å². The Morgan fingerprint density at radius 2 is 1.78 bits per heavy atom. The van der Waals surface area contributed by atoms with Gasteiger partial charge in [-0.15, -0.1) is 0 Å². The summed E-state index contributed by atoms with van der Waals surface area (Å²) >= 11 is 0. The highest BCUT2D eigenvalue weighted by Crippen LogP contribution is 2.44. The zero-order valence-corrected chi connectivity index (χ0v) is 25.3. The summed E-state index contributed by atoms with van der Waals surface area (Å²) in [6.07, 6.45) is -5.68. The molecule has 3 N–H and O–H groups in total. The van der Waals surface area contributed by atoms with Crippen molar-refractivity contribution in [2.45, 2.75) is 58.4 Å². The Bertz CT molecular complexity index is 1460. The molecule has 14 heteroatoms. The highest BCUT2D eigenvalue weighted by Gasteiger charge is 2.47. The number of aliphatic hydroxyl groups excluding tert-OH is 1. The number of ether oxygens (including phenoxy) is 3. The van der Waals surface area contributed by atoms with Crippen LogP contribution in [0.2, 0.25) is 0 Å². The molecule has 244 valence electrons. The van der Waals surface area contributed by atoms with Gasteiger partial charge in [-0.2, -0.15) is 13.2 Å². The minimum atomic E-state index is -5.06. The molecule has 0 spiro atoms. The lowest BCUT2D eigenvalue weighted by molar-refractivity contribution is -0.384. The average molecular weight is 636 g/mol. The van der Waals surface area contributed by atoms with Gasteiger partial charge in [0.1, 0.15) is 24.2 Å². The fourth-order valence-corrected chi connectivity index (χ4v) is 4.70. The van der Waals surface area contributed by atoms with E-state index in [0.717, 1.165) is 12.1 Å². The molecule has 1 heterocycles. The van der Waals surface area contributed by atoms with E-state index in [1.807, 2.05) is 13.8 Å². The first kappa shape index (κ1) is 35.1. The number of rotatable bonds is 14. The molecular formula is C31H36F3N3O8. The van der Waals surface area contributed by atoms with Crippen molar-refractivity contribution in [3.05, 3.63) is 92.3 Å². The van der Waals surface area contributed by atoms with E-state index >= 15 is 0 Å². The Morgan fingerprint density at radius 3 is 2.42 bits per heavy atom. The fourth-order valence-electron chi connectivity index (χ4n) is 4.70. The Labute approximate surface area is 258 Å². The van der Waals surface area contributed by atoms with Crippen LogP contribution in [0.5, 0.6) is 5.75 Å². The molecule has 0 saturated carbocycles. The van der Waals surface area contributed by atoms with Crippen molar-refractivity contribution in [1.82, 2.24) is 10.6 Å². The molecule has 0 saturated heterocycles. The molecule has 0 fully saturated rings. The number of benzene rings is 2. The van der Waals surface area contributed by atoms with Gasteiger partial charge in [-0.05, 0) is 31.0 Å². The van der Waals surface area contributed by atoms with E-state index in [4.69, 9.17) is 14.2 Å². The number of aliphatic hydroxyl groups is 1. The molecular weight excluding hydrogens is 599 g/mol. The van der Waals surface area contributed by atoms with E-state index in [9.17, 15) is 38.0 Å². The number of nitrogens with zero attached hydrogens (tertiary/aromatic N) is 1. The molecule has 45 heavy (non-hydrogen) atoms. The quantitative estimate of drug-likeness (QED) is 0.154. The summed E-state index contributed by atoms with van der Waals surface area (Å²) in [6.45, 7) is 6.36. The molecule has 3 rings (SSSR count). The summed E-state index contributed by atoms with van der Waals surface area (Å²) in [5.41, 5.74) is -2.86. The predicted molar refractivity (Wildman–Crippen MR) is 157 cm³/mol. The minimum absolute atomic E-state index is 0.00364. The molecule has 2 atom stereocenters. The number of carbonyl (C=O) groups is 2. The predicted octanol–water partition coefficient (Wildman–Crippen LogP) is 4.46. The third-order valence-electron chi connectivity index (χ3n) is 6.75. The highest BCUT2D eigenvalue weighted by molar-refractivity contribution is 6.00. The Balaban J connectivity index is 1.90. The summed E-state index contributed by atoms with van der Waals surface area (Å²) < 4.78 is 58.8. The van der Waals surface area contributed by atoms with E-state index in [1.54, 1.807) is 24.3 Å². The fraction of sp³-hybridized carbons (Fsp3) is 0.419. The SMILES string of the molecule is CCOC(=O)C1=C(C(F)(F)F)NC(C)=C(C(=O)OCCc2ccccc2OCC(O)CNC(C)C)C1c1cccc([N+](=O)[O-])c1. The number of nitro groups is 1. The number of hydrogen-bond donors (Lipinski definition) is 3. The number of nitrogens with one attached hydrogen (secondary N) is 2. The first-order valence-corrected chi connectivity index (χ1v) is 14.2. The van der Waals surface area contributed by atoms with E-state index in [-0.39, 0.29) is 49.1 Å². The van der Waals surface area contributed by atoms with Crippen LogP contribution in [0.25, 0.3) is 0 Å². The molecule has 2 unspecified atom stereocenters. The van der Waals surface area contributed by atoms with Gasteiger partial charge in [-0.25, -0.2) is 9.59 Å². The number of nitro benzene ring substituents is 1. The molecule has 0 bridgehead atoms. The van der Waals surface area contributed by atoms with Crippen LogP contribution in [0.4, 0.5) is 18.9 Å². The van der Waals surface area contributed by atoms with Crippen LogP contribution in [0.3, 0.4) is 0 Å². The number of halogens is 3. The number of dihydropyridines is 1. The zero-order valence-electron chi connectivity index (χ0n) is 25.3. The van der Waals surface area contributed by atoms with Crippen LogP contribution >= 0.6 is 0 Å². The second-order valence-electron chi connectivity index (χ2n) is 10.5. The molecule has 0 aliphatic carbocycles. The number of non-ortho nitro benzene ring substituents is 1. The lowest BCUT2D eigenvalue weighted by Gasteiger charge is -2.32. The average Bonchev–Trinajstić information content (AvgIpc) is 2.98. The van der Waals surface area contributed by atoms with Gasteiger partial charge >= 0.3 is 18.1 Å². The maximum atomic E-state index is 14.2. The first-order chi connectivity index (χ1) is 21.2. The molecule has 11 nitrogen and oxygen atoms in total. The number of hydrogen-bond acceptors (Lipinski definition) is 10. The van der Waals surface area contributed by atoms with Crippen LogP contribution < -0.4 is 15.4 Å². The third-order valence-corrected chi connectivity index (χ3v) is 6.75. The van der Waals surface area contributed by atoms with Gasteiger partial charge in [-0.1, -0.05) is 44.2 Å². The van der Waals surface area contributed by atoms with Crippen LogP contribution in [0.1, 0.15) is 44.7 Å². The molecule has 2 aromatic carbocycles. The Morgan fingerprint density at radius 1 is 1.09 bits per heavy atom. The normalized spacial score (nSPS) is 15.9. The highest BCUT2D eigenvalue weighted by atomic mass is 19.4. The van der Waals surface area contributed by atoms with Crippen LogP contribution in [0, 0.1) is 10.1 Å². The maximum Gasteiger partial charge on any atom is 0.431 e. The Kier molecular flexibility index (Phi) is 12.1. The van der Waals surface area contributed by atoms with E-state index in [2.05, 4.69) is 10.6 Å². The minimum Gasteiger partial charge on any atom is -0.491 e. The van der Waals surface area contributed by atoms with Gasteiger partial charge in [0, 0.05) is 36.8 Å². The second kappa shape index (κ2) is 15.5. The number of alkyl halides is 3. The van der Waals surface area contributed by atoms with Crippen molar-refractivity contribution in [3.8, 4) is 5.75 Å². The van der Waals surface area contributed by atoms with Gasteiger partial charge in [0.05, 0.1) is 35.2 Å². The van der Waals surface area contributed by atoms with Crippen molar-refractivity contribution in [2.75, 3.05) is 26.4 Å². The molecule has 0 aromatic heterocycles. The van der Waals surface area contributed by atoms with Crippen LogP contribution in [0.15, 0.2) is 71.1 Å². The van der Waals surface area contributed by atoms with E-state index in [0.29, 0.717) is 17.9 Å². The summed E-state index contributed by atoms with van der Waals surface area (Å²) in [5, 5.41) is 26.9. The number of para-hydroxylation sites is 1. The molecule has 1 aliphatic rings. The van der Waals surface area contributed by atoms with Gasteiger partial charge in [0.25, 0.3) is 5.69 Å². The Hall–Kier alpha value is -4.43.